The van der Waals surface area contributed by atoms with Gasteiger partial charge in [0.2, 0.25) is 6.41 Å². The zero-order chi connectivity index (χ0) is 17.6. The van der Waals surface area contributed by atoms with Crippen molar-refractivity contribution in [2.45, 2.75) is 25.7 Å². The quantitative estimate of drug-likeness (QED) is 0.784. The van der Waals surface area contributed by atoms with Crippen LogP contribution in [-0.2, 0) is 4.79 Å². The lowest BCUT2D eigenvalue weighted by Gasteiger charge is -2.32. The highest BCUT2D eigenvalue weighted by Gasteiger charge is 2.23. The Morgan fingerprint density at radius 3 is 1.80 bits per heavy atom. The molecule has 2 aliphatic heterocycles. The van der Waals surface area contributed by atoms with Crippen LogP contribution >= 0.6 is 0 Å². The first-order valence-corrected chi connectivity index (χ1v) is 9.07. The first-order chi connectivity index (χ1) is 12.2. The van der Waals surface area contributed by atoms with Crippen molar-refractivity contribution in [3.8, 4) is 0 Å². The lowest BCUT2D eigenvalue weighted by atomic mass is 10.1. The van der Waals surface area contributed by atoms with Gasteiger partial charge in [-0.25, -0.2) is 0 Å². The molecule has 3 amide bonds. The molecule has 0 saturated carbocycles. The molecule has 25 heavy (non-hydrogen) atoms. The number of rotatable bonds is 3. The van der Waals surface area contributed by atoms with Crippen LogP contribution in [0.3, 0.4) is 0 Å². The summed E-state index contributed by atoms with van der Waals surface area (Å²) in [5.41, 5.74) is 1.12. The molecule has 1 aromatic rings. The predicted octanol–water partition coefficient (Wildman–Crippen LogP) is 1.62. The Morgan fingerprint density at radius 2 is 1.28 bits per heavy atom. The number of piperazine rings is 1. The maximum atomic E-state index is 12.7. The van der Waals surface area contributed by atoms with E-state index in [-0.39, 0.29) is 11.8 Å². The largest absolute Gasteiger partial charge is 0.342 e. The van der Waals surface area contributed by atoms with Gasteiger partial charge in [0.15, 0.2) is 0 Å². The van der Waals surface area contributed by atoms with Crippen molar-refractivity contribution in [1.82, 2.24) is 14.7 Å². The highest BCUT2D eigenvalue weighted by molar-refractivity contribution is 5.99. The van der Waals surface area contributed by atoms with Gasteiger partial charge < -0.3 is 14.7 Å². The normalized spacial score (nSPS) is 18.6. The number of carbonyl (C=O) groups is 3. The zero-order valence-electron chi connectivity index (χ0n) is 14.5. The monoisotopic (exact) mass is 343 g/mol. The van der Waals surface area contributed by atoms with Gasteiger partial charge in [-0.3, -0.25) is 14.4 Å². The van der Waals surface area contributed by atoms with Crippen LogP contribution in [-0.4, -0.2) is 72.2 Å². The lowest BCUT2D eigenvalue weighted by molar-refractivity contribution is -0.119. The number of benzene rings is 1. The molecule has 134 valence electrons. The first-order valence-electron chi connectivity index (χ1n) is 9.07. The molecule has 0 unspecified atom stereocenters. The van der Waals surface area contributed by atoms with E-state index < -0.39 is 0 Å². The Kier molecular flexibility index (Phi) is 5.68. The van der Waals surface area contributed by atoms with Crippen LogP contribution in [0.1, 0.15) is 46.4 Å². The number of amides is 3. The Labute approximate surface area is 148 Å². The zero-order valence-corrected chi connectivity index (χ0v) is 14.5. The SMILES string of the molecule is O=CN1CCN(C(=O)c2cccc(C(=O)N3CCCCCC3)c2)CC1. The van der Waals surface area contributed by atoms with Gasteiger partial charge in [0.05, 0.1) is 0 Å². The van der Waals surface area contributed by atoms with E-state index in [0.717, 1.165) is 32.3 Å². The van der Waals surface area contributed by atoms with E-state index in [1.807, 2.05) is 4.90 Å². The van der Waals surface area contributed by atoms with E-state index in [2.05, 4.69) is 0 Å². The summed E-state index contributed by atoms with van der Waals surface area (Å²) in [7, 11) is 0. The van der Waals surface area contributed by atoms with Crippen molar-refractivity contribution < 1.29 is 14.4 Å². The molecular weight excluding hydrogens is 318 g/mol. The molecule has 0 bridgehead atoms. The fraction of sp³-hybridized carbons (Fsp3) is 0.526. The van der Waals surface area contributed by atoms with Gasteiger partial charge in [0.1, 0.15) is 0 Å². The van der Waals surface area contributed by atoms with Crippen LogP contribution in [0, 0.1) is 0 Å². The minimum absolute atomic E-state index is 0.0160. The van der Waals surface area contributed by atoms with Crippen LogP contribution in [0.4, 0.5) is 0 Å². The molecule has 0 N–H and O–H groups in total. The molecule has 2 heterocycles. The van der Waals surface area contributed by atoms with Crippen molar-refractivity contribution >= 4 is 18.2 Å². The average molecular weight is 343 g/mol. The van der Waals surface area contributed by atoms with Crippen molar-refractivity contribution in [2.75, 3.05) is 39.3 Å². The number of likely N-dealkylation sites (tertiary alicyclic amines) is 1. The number of hydrogen-bond acceptors (Lipinski definition) is 3. The van der Waals surface area contributed by atoms with Crippen molar-refractivity contribution in [3.05, 3.63) is 35.4 Å². The standard InChI is InChI=1S/C19H25N3O3/c23-15-20-10-12-22(13-11-20)19(25)17-7-5-6-16(14-17)18(24)21-8-3-1-2-4-9-21/h5-7,14-15H,1-4,8-13H2. The molecule has 0 aromatic heterocycles. The average Bonchev–Trinajstić information content (AvgIpc) is 2.96. The van der Waals surface area contributed by atoms with Crippen LogP contribution in [0.5, 0.6) is 0 Å². The van der Waals surface area contributed by atoms with E-state index >= 15 is 0 Å². The summed E-state index contributed by atoms with van der Waals surface area (Å²) in [6.07, 6.45) is 5.27. The van der Waals surface area contributed by atoms with E-state index in [4.69, 9.17) is 0 Å². The van der Waals surface area contributed by atoms with Crippen molar-refractivity contribution in [3.63, 3.8) is 0 Å². The second kappa shape index (κ2) is 8.14. The van der Waals surface area contributed by atoms with Crippen molar-refractivity contribution in [1.29, 1.82) is 0 Å². The third kappa shape index (κ3) is 4.18. The number of hydrogen-bond donors (Lipinski definition) is 0. The van der Waals surface area contributed by atoms with E-state index in [1.54, 1.807) is 34.1 Å². The van der Waals surface area contributed by atoms with Gasteiger partial charge in [-0.15, -0.1) is 0 Å². The Bertz CT molecular complexity index is 631. The van der Waals surface area contributed by atoms with Gasteiger partial charge >= 0.3 is 0 Å². The Balaban J connectivity index is 1.69. The molecule has 6 nitrogen and oxygen atoms in total. The smallest absolute Gasteiger partial charge is 0.253 e. The molecule has 2 saturated heterocycles. The third-order valence-corrected chi connectivity index (χ3v) is 5.00. The molecule has 0 atom stereocenters. The fourth-order valence-electron chi connectivity index (χ4n) is 3.45. The Morgan fingerprint density at radius 1 is 0.760 bits per heavy atom. The summed E-state index contributed by atoms with van der Waals surface area (Å²) in [5.74, 6) is -0.0570. The maximum Gasteiger partial charge on any atom is 0.253 e. The summed E-state index contributed by atoms with van der Waals surface area (Å²) in [6, 6.07) is 7.03. The molecule has 0 spiro atoms. The summed E-state index contributed by atoms with van der Waals surface area (Å²) in [6.45, 7) is 3.77. The Hall–Kier alpha value is -2.37. The van der Waals surface area contributed by atoms with Gasteiger partial charge in [-0.2, -0.15) is 0 Å². The summed E-state index contributed by atoms with van der Waals surface area (Å²) >= 11 is 0. The van der Waals surface area contributed by atoms with Crippen molar-refractivity contribution in [2.24, 2.45) is 0 Å². The first kappa shape index (κ1) is 17.5. The van der Waals surface area contributed by atoms with Crippen LogP contribution in [0.25, 0.3) is 0 Å². The topological polar surface area (TPSA) is 60.9 Å². The molecule has 2 fully saturated rings. The minimum atomic E-state index is -0.0731. The van der Waals surface area contributed by atoms with Gasteiger partial charge in [0.25, 0.3) is 11.8 Å². The van der Waals surface area contributed by atoms with Crippen LogP contribution in [0.15, 0.2) is 24.3 Å². The summed E-state index contributed by atoms with van der Waals surface area (Å²) < 4.78 is 0. The lowest BCUT2D eigenvalue weighted by Crippen LogP contribution is -2.48. The van der Waals surface area contributed by atoms with Crippen LogP contribution < -0.4 is 0 Å². The molecule has 3 rings (SSSR count). The molecule has 2 aliphatic rings. The maximum absolute atomic E-state index is 12.7. The number of carbonyl (C=O) groups excluding carboxylic acids is 3. The van der Waals surface area contributed by atoms with E-state index in [0.29, 0.717) is 37.3 Å². The van der Waals surface area contributed by atoms with Gasteiger partial charge in [0, 0.05) is 50.4 Å². The summed E-state index contributed by atoms with van der Waals surface area (Å²) in [5, 5.41) is 0. The highest BCUT2D eigenvalue weighted by atomic mass is 16.2. The predicted molar refractivity (Wildman–Crippen MR) is 94.4 cm³/mol. The summed E-state index contributed by atoms with van der Waals surface area (Å²) in [4.78, 5) is 41.5. The van der Waals surface area contributed by atoms with Crippen LogP contribution in [0.2, 0.25) is 0 Å². The molecule has 0 radical (unpaired) electrons. The molecule has 0 aliphatic carbocycles. The highest BCUT2D eigenvalue weighted by Crippen LogP contribution is 2.16. The second-order valence-corrected chi connectivity index (χ2v) is 6.72. The van der Waals surface area contributed by atoms with Gasteiger partial charge in [-0.1, -0.05) is 18.9 Å². The molecular formula is C19H25N3O3. The second-order valence-electron chi connectivity index (χ2n) is 6.72. The van der Waals surface area contributed by atoms with E-state index in [9.17, 15) is 14.4 Å². The van der Waals surface area contributed by atoms with Gasteiger partial charge in [-0.05, 0) is 31.0 Å². The number of nitrogens with zero attached hydrogens (tertiary/aromatic N) is 3. The molecule has 6 heteroatoms. The van der Waals surface area contributed by atoms with E-state index in [1.165, 1.54) is 12.8 Å². The third-order valence-electron chi connectivity index (χ3n) is 5.00. The minimum Gasteiger partial charge on any atom is -0.342 e. The fourth-order valence-corrected chi connectivity index (χ4v) is 3.45. The molecule has 1 aromatic carbocycles.